The lowest BCUT2D eigenvalue weighted by molar-refractivity contribution is -0.157. The lowest BCUT2D eigenvalue weighted by atomic mass is 9.72. The molecule has 1 amide bonds. The van der Waals surface area contributed by atoms with Gasteiger partial charge in [-0.1, -0.05) is 59.7 Å². The number of hydrogen-bond acceptors (Lipinski definition) is 6. The number of hydrogen-bond donors (Lipinski definition) is 2. The van der Waals surface area contributed by atoms with Crippen molar-refractivity contribution >= 4 is 17.7 Å². The highest BCUT2D eigenvalue weighted by Gasteiger charge is 2.59. The minimum absolute atomic E-state index is 0.110. The van der Waals surface area contributed by atoms with Crippen molar-refractivity contribution in [3.63, 3.8) is 0 Å². The van der Waals surface area contributed by atoms with Gasteiger partial charge in [0.2, 0.25) is 11.8 Å². The number of carbonyl (C=O) groups excluding carboxylic acids is 1. The molecule has 0 spiro atoms. The third-order valence-corrected chi connectivity index (χ3v) is 9.40. The van der Waals surface area contributed by atoms with Crippen molar-refractivity contribution in [2.24, 2.45) is 17.3 Å². The van der Waals surface area contributed by atoms with E-state index in [2.05, 4.69) is 37.1 Å². The van der Waals surface area contributed by atoms with Gasteiger partial charge in [-0.3, -0.25) is 4.79 Å². The van der Waals surface area contributed by atoms with Gasteiger partial charge in [0.05, 0.1) is 13.2 Å². The van der Waals surface area contributed by atoms with Crippen LogP contribution in [0.15, 0.2) is 36.5 Å². The molecule has 2 aliphatic rings. The molecule has 0 radical (unpaired) electrons. The summed E-state index contributed by atoms with van der Waals surface area (Å²) < 4.78 is 35.0. The zero-order chi connectivity index (χ0) is 33.5. The third-order valence-electron chi connectivity index (χ3n) is 9.40. The Kier molecular flexibility index (Phi) is 9.88. The quantitative estimate of drug-likeness (QED) is 0.348. The van der Waals surface area contributed by atoms with E-state index in [9.17, 15) is 23.5 Å². The van der Waals surface area contributed by atoms with Crippen LogP contribution in [-0.4, -0.2) is 66.1 Å². The fourth-order valence-electron chi connectivity index (χ4n) is 7.27. The number of benzene rings is 1. The minimum Gasteiger partial charge on any atom is -0.496 e. The molecule has 8 nitrogen and oxygen atoms in total. The van der Waals surface area contributed by atoms with Gasteiger partial charge in [0.15, 0.2) is 0 Å². The van der Waals surface area contributed by atoms with Crippen molar-refractivity contribution in [1.82, 2.24) is 15.2 Å². The SMILES string of the molecule is COc1ccc(C(C)(C)C)cc1CN[C@H]1[C@H](C(C)(C)C)[C@@H](C(=O)O)N(C(=O)[C@@H]2CCCC(F)(F)C2)[C@H]1c1cccnc1N(C)C. The average Bonchev–Trinajstić information content (AvgIpc) is 3.30. The number of carbonyl (C=O) groups is 2. The first-order valence-corrected chi connectivity index (χ1v) is 15.8. The Morgan fingerprint density at radius 3 is 2.40 bits per heavy atom. The molecular weight excluding hydrogens is 578 g/mol. The van der Waals surface area contributed by atoms with Gasteiger partial charge in [0, 0.05) is 68.7 Å². The van der Waals surface area contributed by atoms with Crippen LogP contribution in [0.5, 0.6) is 5.75 Å². The largest absolute Gasteiger partial charge is 0.496 e. The number of alkyl halides is 2. The van der Waals surface area contributed by atoms with Crippen LogP contribution in [-0.2, 0) is 21.5 Å². The molecule has 5 atom stereocenters. The van der Waals surface area contributed by atoms with E-state index in [1.807, 2.05) is 58.0 Å². The summed E-state index contributed by atoms with van der Waals surface area (Å²) >= 11 is 0. The van der Waals surface area contributed by atoms with E-state index in [1.54, 1.807) is 19.4 Å². The van der Waals surface area contributed by atoms with E-state index in [-0.39, 0.29) is 18.3 Å². The maximum Gasteiger partial charge on any atom is 0.326 e. The van der Waals surface area contributed by atoms with Crippen LogP contribution in [0, 0.1) is 17.3 Å². The lowest BCUT2D eigenvalue weighted by Gasteiger charge is -2.37. The van der Waals surface area contributed by atoms with Crippen LogP contribution in [0.4, 0.5) is 14.6 Å². The minimum atomic E-state index is -2.97. The molecule has 1 saturated heterocycles. The Balaban J connectivity index is 1.90. The van der Waals surface area contributed by atoms with E-state index < -0.39 is 59.6 Å². The monoisotopic (exact) mass is 628 g/mol. The number of pyridine rings is 1. The number of ether oxygens (including phenoxy) is 1. The van der Waals surface area contributed by atoms with E-state index in [0.717, 1.165) is 11.1 Å². The first kappa shape index (κ1) is 34.6. The standard InChI is InChI=1S/C35H50F2N4O4/c1-33(2,3)23-14-15-25(45-9)22(18-23)20-39-27-26(34(4,5)6)29(32(43)44)41(31(42)21-12-10-16-35(36,37)19-21)28(27)24-13-11-17-38-30(24)40(7)8/h11,13-15,17-18,21,26-29,39H,10,12,16,19-20H2,1-9H3,(H,43,44)/t21-,26+,27+,28+,29+/m1/s1. The molecule has 0 unspecified atom stereocenters. The maximum absolute atomic E-state index is 14.7. The van der Waals surface area contributed by atoms with E-state index in [4.69, 9.17) is 4.74 Å². The maximum atomic E-state index is 14.7. The number of rotatable bonds is 8. The van der Waals surface area contributed by atoms with Gasteiger partial charge >= 0.3 is 5.97 Å². The highest BCUT2D eigenvalue weighted by Crippen LogP contribution is 2.51. The molecular formula is C35H50F2N4O4. The van der Waals surface area contributed by atoms with Crippen molar-refractivity contribution in [3.05, 3.63) is 53.2 Å². The Bertz CT molecular complexity index is 1380. The smallest absolute Gasteiger partial charge is 0.326 e. The van der Waals surface area contributed by atoms with Crippen LogP contribution < -0.4 is 15.0 Å². The highest BCUT2D eigenvalue weighted by molar-refractivity contribution is 5.87. The number of amides is 1. The first-order valence-electron chi connectivity index (χ1n) is 15.8. The molecule has 1 aliphatic carbocycles. The second-order valence-electron chi connectivity index (χ2n) is 15.0. The molecule has 1 aromatic carbocycles. The molecule has 248 valence electrons. The molecule has 0 bridgehead atoms. The number of aliphatic carboxylic acids is 1. The molecule has 45 heavy (non-hydrogen) atoms. The van der Waals surface area contributed by atoms with Gasteiger partial charge in [-0.2, -0.15) is 0 Å². The number of methoxy groups -OCH3 is 1. The summed E-state index contributed by atoms with van der Waals surface area (Å²) in [7, 11) is 5.30. The number of carboxylic acid groups (broad SMARTS) is 1. The number of halogens is 2. The number of aromatic nitrogens is 1. The van der Waals surface area contributed by atoms with Crippen LogP contribution in [0.3, 0.4) is 0 Å². The zero-order valence-corrected chi connectivity index (χ0v) is 28.2. The summed E-state index contributed by atoms with van der Waals surface area (Å²) in [4.78, 5) is 35.5. The summed E-state index contributed by atoms with van der Waals surface area (Å²) in [5.41, 5.74) is 2.00. The Labute approximate surface area is 266 Å². The van der Waals surface area contributed by atoms with Crippen LogP contribution in [0.25, 0.3) is 0 Å². The number of carboxylic acids is 1. The van der Waals surface area contributed by atoms with Crippen molar-refractivity contribution in [2.75, 3.05) is 26.1 Å². The molecule has 2 N–H and O–H groups in total. The molecule has 1 saturated carbocycles. The first-order chi connectivity index (χ1) is 20.9. The molecule has 4 rings (SSSR count). The second kappa shape index (κ2) is 12.9. The summed E-state index contributed by atoms with van der Waals surface area (Å²) in [6, 6.07) is 7.14. The summed E-state index contributed by atoms with van der Waals surface area (Å²) in [5, 5.41) is 14.5. The van der Waals surface area contributed by atoms with Gasteiger partial charge in [-0.05, 0) is 41.4 Å². The molecule has 2 aromatic rings. The molecule has 1 aromatic heterocycles. The van der Waals surface area contributed by atoms with Gasteiger partial charge in [-0.25, -0.2) is 18.6 Å². The Morgan fingerprint density at radius 2 is 1.84 bits per heavy atom. The predicted molar refractivity (Wildman–Crippen MR) is 172 cm³/mol. The van der Waals surface area contributed by atoms with Gasteiger partial charge in [-0.15, -0.1) is 0 Å². The molecule has 10 heteroatoms. The van der Waals surface area contributed by atoms with Crippen LogP contribution in [0.1, 0.15) is 90.0 Å². The Morgan fingerprint density at radius 1 is 1.16 bits per heavy atom. The van der Waals surface area contributed by atoms with E-state index >= 15 is 0 Å². The number of likely N-dealkylation sites (tertiary alicyclic amines) is 1. The second-order valence-corrected chi connectivity index (χ2v) is 15.0. The van der Waals surface area contributed by atoms with Gasteiger partial charge < -0.3 is 25.0 Å². The summed E-state index contributed by atoms with van der Waals surface area (Å²) in [6.07, 6.45) is 1.32. The van der Waals surface area contributed by atoms with Gasteiger partial charge in [0.1, 0.15) is 17.6 Å². The van der Waals surface area contributed by atoms with Crippen LogP contribution >= 0.6 is 0 Å². The van der Waals surface area contributed by atoms with Crippen LogP contribution in [0.2, 0.25) is 0 Å². The average molecular weight is 629 g/mol. The van der Waals surface area contributed by atoms with E-state index in [0.29, 0.717) is 30.1 Å². The topological polar surface area (TPSA) is 95.0 Å². The van der Waals surface area contributed by atoms with Crippen molar-refractivity contribution < 1.29 is 28.2 Å². The van der Waals surface area contributed by atoms with Crippen molar-refractivity contribution in [1.29, 1.82) is 0 Å². The predicted octanol–water partition coefficient (Wildman–Crippen LogP) is 6.44. The fourth-order valence-corrected chi connectivity index (χ4v) is 7.27. The molecule has 2 fully saturated rings. The number of nitrogens with one attached hydrogen (secondary N) is 1. The summed E-state index contributed by atoms with van der Waals surface area (Å²) in [5.74, 6) is -4.91. The summed E-state index contributed by atoms with van der Waals surface area (Å²) in [6.45, 7) is 12.7. The molecule has 2 heterocycles. The van der Waals surface area contributed by atoms with Crippen molar-refractivity contribution in [3.8, 4) is 5.75 Å². The molecule has 1 aliphatic heterocycles. The number of nitrogens with zero attached hydrogens (tertiary/aromatic N) is 3. The Hall–Kier alpha value is -3.27. The highest BCUT2D eigenvalue weighted by atomic mass is 19.3. The number of anilines is 1. The van der Waals surface area contributed by atoms with Gasteiger partial charge in [0.25, 0.3) is 0 Å². The third kappa shape index (κ3) is 7.26. The van der Waals surface area contributed by atoms with Crippen molar-refractivity contribution in [2.45, 2.75) is 103 Å². The normalized spacial score (nSPS) is 25.2. The zero-order valence-electron chi connectivity index (χ0n) is 28.2. The fraction of sp³-hybridized carbons (Fsp3) is 0.629. The lowest BCUT2D eigenvalue weighted by Crippen LogP contribution is -2.50. The van der Waals surface area contributed by atoms with E-state index in [1.165, 1.54) is 4.90 Å².